The van der Waals surface area contributed by atoms with Gasteiger partial charge in [0.1, 0.15) is 0 Å². The molecule has 0 atom stereocenters. The van der Waals surface area contributed by atoms with Gasteiger partial charge in [0, 0.05) is 0 Å². The number of ketones is 1. The standard InChI is InChI=1S/C9H4Cl2O/c1-2-8(12)9-6(10)4-3-5-7(9)11/h1,3-5H. The highest BCUT2D eigenvalue weighted by Gasteiger charge is 2.11. The molecule has 60 valence electrons. The fraction of sp³-hybridized carbons (Fsp3) is 0. The van der Waals surface area contributed by atoms with Crippen molar-refractivity contribution in [2.75, 3.05) is 0 Å². The second kappa shape index (κ2) is 3.62. The second-order valence-electron chi connectivity index (χ2n) is 2.07. The summed E-state index contributed by atoms with van der Waals surface area (Å²) in [4.78, 5) is 11.1. The van der Waals surface area contributed by atoms with Gasteiger partial charge in [-0.25, -0.2) is 0 Å². The van der Waals surface area contributed by atoms with Crippen LogP contribution in [0.2, 0.25) is 10.0 Å². The Labute approximate surface area is 80.3 Å². The van der Waals surface area contributed by atoms with E-state index in [4.69, 9.17) is 29.6 Å². The summed E-state index contributed by atoms with van der Waals surface area (Å²) in [6, 6.07) is 4.79. The predicted octanol–water partition coefficient (Wildman–Crippen LogP) is 2.81. The van der Waals surface area contributed by atoms with Crippen LogP contribution in [0.15, 0.2) is 18.2 Å². The molecule has 0 amide bonds. The lowest BCUT2D eigenvalue weighted by Crippen LogP contribution is -1.96. The molecule has 0 aliphatic rings. The van der Waals surface area contributed by atoms with E-state index < -0.39 is 5.78 Å². The Kier molecular flexibility index (Phi) is 2.75. The largest absolute Gasteiger partial charge is 0.279 e. The van der Waals surface area contributed by atoms with E-state index in [-0.39, 0.29) is 15.6 Å². The first kappa shape index (κ1) is 9.12. The van der Waals surface area contributed by atoms with Gasteiger partial charge in [0.2, 0.25) is 5.78 Å². The van der Waals surface area contributed by atoms with E-state index in [1.165, 1.54) is 0 Å². The Morgan fingerprint density at radius 1 is 1.33 bits per heavy atom. The molecule has 3 heteroatoms. The molecule has 1 rings (SSSR count). The van der Waals surface area contributed by atoms with Crippen molar-refractivity contribution in [1.29, 1.82) is 0 Å². The van der Waals surface area contributed by atoms with Crippen molar-refractivity contribution in [3.05, 3.63) is 33.8 Å². The first-order chi connectivity index (χ1) is 5.66. The third-order valence-electron chi connectivity index (χ3n) is 1.32. The van der Waals surface area contributed by atoms with Gasteiger partial charge in [-0.15, -0.1) is 6.42 Å². The van der Waals surface area contributed by atoms with Crippen LogP contribution >= 0.6 is 23.2 Å². The van der Waals surface area contributed by atoms with Gasteiger partial charge in [0.05, 0.1) is 15.6 Å². The van der Waals surface area contributed by atoms with Crippen molar-refractivity contribution in [2.45, 2.75) is 0 Å². The van der Waals surface area contributed by atoms with Crippen molar-refractivity contribution < 1.29 is 4.79 Å². The van der Waals surface area contributed by atoms with Gasteiger partial charge in [0.25, 0.3) is 0 Å². The fourth-order valence-electron chi connectivity index (χ4n) is 0.787. The second-order valence-corrected chi connectivity index (χ2v) is 2.88. The van der Waals surface area contributed by atoms with Crippen molar-refractivity contribution in [2.24, 2.45) is 0 Å². The summed E-state index contributed by atoms with van der Waals surface area (Å²) in [5.74, 6) is 1.46. The van der Waals surface area contributed by atoms with Crippen molar-refractivity contribution in [3.63, 3.8) is 0 Å². The monoisotopic (exact) mass is 198 g/mol. The summed E-state index contributed by atoms with van der Waals surface area (Å²) < 4.78 is 0. The Balaban J connectivity index is 3.33. The third kappa shape index (κ3) is 1.61. The number of hydrogen-bond donors (Lipinski definition) is 0. The average molecular weight is 199 g/mol. The van der Waals surface area contributed by atoms with Crippen molar-refractivity contribution in [3.8, 4) is 12.3 Å². The zero-order chi connectivity index (χ0) is 9.14. The average Bonchev–Trinajstić information content (AvgIpc) is 2.03. The van der Waals surface area contributed by atoms with Gasteiger partial charge in [0.15, 0.2) is 0 Å². The molecule has 0 aromatic heterocycles. The van der Waals surface area contributed by atoms with Gasteiger partial charge in [-0.2, -0.15) is 0 Å². The molecular weight excluding hydrogens is 195 g/mol. The molecule has 0 radical (unpaired) electrons. The summed E-state index contributed by atoms with van der Waals surface area (Å²) in [6.45, 7) is 0. The maximum absolute atomic E-state index is 11.1. The fourth-order valence-corrected chi connectivity index (χ4v) is 1.36. The first-order valence-corrected chi connectivity index (χ1v) is 3.87. The zero-order valence-electron chi connectivity index (χ0n) is 5.97. The Hall–Kier alpha value is -0.970. The van der Waals surface area contributed by atoms with Gasteiger partial charge in [-0.05, 0) is 18.1 Å². The molecule has 1 aromatic carbocycles. The smallest absolute Gasteiger partial charge is 0.238 e. The number of halogens is 2. The Morgan fingerprint density at radius 3 is 2.25 bits per heavy atom. The summed E-state index contributed by atoms with van der Waals surface area (Å²) in [7, 11) is 0. The minimum atomic E-state index is -0.495. The van der Waals surface area contributed by atoms with E-state index in [0.717, 1.165) is 0 Å². The number of carbonyl (C=O) groups excluding carboxylic acids is 1. The Morgan fingerprint density at radius 2 is 1.83 bits per heavy atom. The quantitative estimate of drug-likeness (QED) is 0.386. The number of hydrogen-bond acceptors (Lipinski definition) is 1. The lowest BCUT2D eigenvalue weighted by Gasteiger charge is -1.99. The van der Waals surface area contributed by atoms with Crippen LogP contribution in [0, 0.1) is 12.3 Å². The minimum Gasteiger partial charge on any atom is -0.279 e. The van der Waals surface area contributed by atoms with Crippen LogP contribution in [-0.2, 0) is 0 Å². The maximum Gasteiger partial charge on any atom is 0.238 e. The van der Waals surface area contributed by atoms with Crippen LogP contribution in [-0.4, -0.2) is 5.78 Å². The lowest BCUT2D eigenvalue weighted by atomic mass is 10.1. The molecule has 0 spiro atoms. The van der Waals surface area contributed by atoms with E-state index >= 15 is 0 Å². The van der Waals surface area contributed by atoms with E-state index in [0.29, 0.717) is 0 Å². The predicted molar refractivity (Wildman–Crippen MR) is 49.6 cm³/mol. The van der Waals surface area contributed by atoms with Crippen LogP contribution in [0.3, 0.4) is 0 Å². The molecule has 0 heterocycles. The summed E-state index contributed by atoms with van der Waals surface area (Å²) >= 11 is 11.4. The first-order valence-electron chi connectivity index (χ1n) is 3.11. The van der Waals surface area contributed by atoms with Crippen molar-refractivity contribution in [1.82, 2.24) is 0 Å². The molecule has 0 unspecified atom stereocenters. The van der Waals surface area contributed by atoms with E-state index in [9.17, 15) is 4.79 Å². The normalized spacial score (nSPS) is 9.08. The molecule has 1 aromatic rings. The molecule has 0 bridgehead atoms. The number of benzene rings is 1. The highest BCUT2D eigenvalue weighted by atomic mass is 35.5. The van der Waals surface area contributed by atoms with E-state index in [2.05, 4.69) is 0 Å². The minimum absolute atomic E-state index is 0.198. The summed E-state index contributed by atoms with van der Waals surface area (Å²) in [5, 5.41) is 0.566. The highest BCUT2D eigenvalue weighted by Crippen LogP contribution is 2.24. The van der Waals surface area contributed by atoms with Gasteiger partial charge in [-0.3, -0.25) is 4.79 Å². The molecule has 0 fully saturated rings. The van der Waals surface area contributed by atoms with Crippen molar-refractivity contribution >= 4 is 29.0 Å². The highest BCUT2D eigenvalue weighted by molar-refractivity contribution is 6.41. The van der Waals surface area contributed by atoms with Crippen LogP contribution < -0.4 is 0 Å². The molecular formula is C9H4Cl2O. The van der Waals surface area contributed by atoms with E-state index in [1.807, 2.05) is 5.92 Å². The molecule has 0 aliphatic heterocycles. The molecule has 0 aliphatic carbocycles. The van der Waals surface area contributed by atoms with Gasteiger partial charge < -0.3 is 0 Å². The number of terminal acetylenes is 1. The third-order valence-corrected chi connectivity index (χ3v) is 1.95. The van der Waals surface area contributed by atoms with Crippen LogP contribution in [0.5, 0.6) is 0 Å². The van der Waals surface area contributed by atoms with Gasteiger partial charge >= 0.3 is 0 Å². The number of carbonyl (C=O) groups is 1. The number of rotatable bonds is 1. The Bertz CT molecular complexity index is 343. The molecule has 0 saturated heterocycles. The molecule has 1 nitrogen and oxygen atoms in total. The maximum atomic E-state index is 11.1. The SMILES string of the molecule is C#CC(=O)c1c(Cl)cccc1Cl. The summed E-state index contributed by atoms with van der Waals surface area (Å²) in [6.07, 6.45) is 4.93. The summed E-state index contributed by atoms with van der Waals surface area (Å²) in [5.41, 5.74) is 0.198. The van der Waals surface area contributed by atoms with E-state index in [1.54, 1.807) is 18.2 Å². The molecule has 0 saturated carbocycles. The topological polar surface area (TPSA) is 17.1 Å². The lowest BCUT2D eigenvalue weighted by molar-refractivity contribution is 0.105. The molecule has 0 N–H and O–H groups in total. The van der Waals surface area contributed by atoms with Crippen LogP contribution in [0.4, 0.5) is 0 Å². The number of Topliss-reactive ketones (excluding diaryl/α,β-unsaturated/α-hetero) is 1. The van der Waals surface area contributed by atoms with Crippen LogP contribution in [0.25, 0.3) is 0 Å². The zero-order valence-corrected chi connectivity index (χ0v) is 7.49. The molecule has 12 heavy (non-hydrogen) atoms. The van der Waals surface area contributed by atoms with Gasteiger partial charge in [-0.1, -0.05) is 29.3 Å². The van der Waals surface area contributed by atoms with Crippen LogP contribution in [0.1, 0.15) is 10.4 Å².